The summed E-state index contributed by atoms with van der Waals surface area (Å²) in [5, 5.41) is 8.01. The Morgan fingerprint density at radius 2 is 1.41 bits per heavy atom. The molecule has 0 spiro atoms. The van der Waals surface area contributed by atoms with E-state index in [-0.39, 0.29) is 29.7 Å². The van der Waals surface area contributed by atoms with Gasteiger partial charge in [0.1, 0.15) is 12.1 Å². The molecule has 9 nitrogen and oxygen atoms in total. The molecule has 4 amide bonds. The topological polar surface area (TPSA) is 134 Å². The van der Waals surface area contributed by atoms with E-state index < -0.39 is 18.1 Å². The van der Waals surface area contributed by atoms with Crippen LogP contribution in [0.4, 0.5) is 0 Å². The van der Waals surface area contributed by atoms with Gasteiger partial charge in [0.25, 0.3) is 0 Å². The quantitative estimate of drug-likeness (QED) is 0.453. The molecule has 0 aromatic heterocycles. The highest BCUT2D eigenvalue weighted by Crippen LogP contribution is 2.08. The van der Waals surface area contributed by atoms with Gasteiger partial charge < -0.3 is 26.6 Å². The summed E-state index contributed by atoms with van der Waals surface area (Å²) in [6.07, 6.45) is 3.40. The minimum atomic E-state index is -0.571. The van der Waals surface area contributed by atoms with Crippen molar-refractivity contribution in [2.45, 2.75) is 91.4 Å². The predicted molar refractivity (Wildman–Crippen MR) is 113 cm³/mol. The van der Waals surface area contributed by atoms with E-state index >= 15 is 0 Å². The van der Waals surface area contributed by atoms with Crippen LogP contribution >= 0.6 is 0 Å². The van der Waals surface area contributed by atoms with Crippen molar-refractivity contribution < 1.29 is 19.2 Å². The number of nitrogens with two attached hydrogens (primary N) is 1. The van der Waals surface area contributed by atoms with Crippen LogP contribution in [-0.2, 0) is 19.2 Å². The van der Waals surface area contributed by atoms with E-state index in [2.05, 4.69) is 16.0 Å². The molecule has 1 heterocycles. The fourth-order valence-corrected chi connectivity index (χ4v) is 2.50. The number of hydrogen-bond acceptors (Lipinski definition) is 5. The number of amides is 4. The highest BCUT2D eigenvalue weighted by atomic mass is 16.2. The van der Waals surface area contributed by atoms with Crippen LogP contribution in [0.5, 0.6) is 0 Å². The van der Waals surface area contributed by atoms with Gasteiger partial charge in [0.2, 0.25) is 23.6 Å². The van der Waals surface area contributed by atoms with Gasteiger partial charge in [-0.05, 0) is 47.0 Å². The molecule has 0 radical (unpaired) electrons. The number of nitrogens with zero attached hydrogens (tertiary/aromatic N) is 1. The Bertz CT molecular complexity index is 547. The Morgan fingerprint density at radius 3 is 1.86 bits per heavy atom. The Balaban J connectivity index is 0.000000543. The number of carbonyl (C=O) groups excluding carboxylic acids is 4. The summed E-state index contributed by atoms with van der Waals surface area (Å²) in [5.41, 5.74) is 5.40. The molecule has 4 atom stereocenters. The molecule has 1 rings (SSSR count). The first-order valence-corrected chi connectivity index (χ1v) is 10.5. The molecular formula is C20H39N5O4. The van der Waals surface area contributed by atoms with Crippen molar-refractivity contribution in [1.82, 2.24) is 20.9 Å². The third-order valence-electron chi connectivity index (χ3n) is 4.65. The van der Waals surface area contributed by atoms with Gasteiger partial charge in [-0.2, -0.15) is 0 Å². The molecule has 1 aliphatic rings. The van der Waals surface area contributed by atoms with Crippen LogP contribution in [0, 0.1) is 0 Å². The molecule has 1 fully saturated rings. The smallest absolute Gasteiger partial charge is 0.244 e. The van der Waals surface area contributed by atoms with E-state index in [9.17, 15) is 19.2 Å². The maximum absolute atomic E-state index is 11.8. The molecule has 1 aliphatic heterocycles. The summed E-state index contributed by atoms with van der Waals surface area (Å²) in [4.78, 5) is 47.3. The van der Waals surface area contributed by atoms with E-state index in [1.54, 1.807) is 32.6 Å². The van der Waals surface area contributed by atoms with Crippen LogP contribution in [0.2, 0.25) is 0 Å². The minimum absolute atomic E-state index is 0.0125. The van der Waals surface area contributed by atoms with Gasteiger partial charge in [-0.1, -0.05) is 13.8 Å². The van der Waals surface area contributed by atoms with Gasteiger partial charge in [-0.25, -0.2) is 0 Å². The van der Waals surface area contributed by atoms with Crippen molar-refractivity contribution in [3.63, 3.8) is 0 Å². The van der Waals surface area contributed by atoms with Crippen molar-refractivity contribution in [3.8, 4) is 0 Å². The average molecular weight is 414 g/mol. The number of rotatable bonds is 8. The molecule has 0 bridgehead atoms. The van der Waals surface area contributed by atoms with Crippen LogP contribution < -0.4 is 21.7 Å². The number of nitrogens with one attached hydrogen (secondary N) is 3. The molecular weight excluding hydrogens is 374 g/mol. The van der Waals surface area contributed by atoms with E-state index in [0.29, 0.717) is 6.42 Å². The summed E-state index contributed by atoms with van der Waals surface area (Å²) >= 11 is 0. The third-order valence-corrected chi connectivity index (χ3v) is 4.65. The Hall–Kier alpha value is -2.16. The van der Waals surface area contributed by atoms with Crippen LogP contribution in [0.3, 0.4) is 0 Å². The zero-order valence-corrected chi connectivity index (χ0v) is 18.7. The minimum Gasteiger partial charge on any atom is -0.352 e. The normalized spacial score (nSPS) is 17.1. The van der Waals surface area contributed by atoms with Gasteiger partial charge in [0.05, 0.1) is 6.04 Å². The number of likely N-dealkylation sites (tertiary alicyclic amines) is 1. The van der Waals surface area contributed by atoms with E-state index in [4.69, 9.17) is 5.73 Å². The summed E-state index contributed by atoms with van der Waals surface area (Å²) in [6.45, 7) is 12.3. The van der Waals surface area contributed by atoms with Crippen LogP contribution in [0.1, 0.15) is 67.2 Å². The molecule has 4 unspecified atom stereocenters. The lowest BCUT2D eigenvalue weighted by molar-refractivity contribution is -0.135. The Morgan fingerprint density at radius 1 is 0.862 bits per heavy atom. The van der Waals surface area contributed by atoms with E-state index in [0.717, 1.165) is 32.4 Å². The maximum atomic E-state index is 11.8. The Kier molecular flexibility index (Phi) is 12.9. The zero-order chi connectivity index (χ0) is 22.6. The summed E-state index contributed by atoms with van der Waals surface area (Å²) < 4.78 is 0. The number of hydrogen-bond donors (Lipinski definition) is 4. The first-order valence-electron chi connectivity index (χ1n) is 10.5. The van der Waals surface area contributed by atoms with Crippen molar-refractivity contribution in [2.24, 2.45) is 5.73 Å². The van der Waals surface area contributed by atoms with Crippen molar-refractivity contribution in [1.29, 1.82) is 0 Å². The van der Waals surface area contributed by atoms with E-state index in [1.165, 1.54) is 0 Å². The molecule has 9 heteroatoms. The lowest BCUT2D eigenvalue weighted by Gasteiger charge is -2.21. The summed E-state index contributed by atoms with van der Waals surface area (Å²) in [5.74, 6) is -0.519. The molecule has 29 heavy (non-hydrogen) atoms. The molecule has 1 saturated heterocycles. The molecule has 0 saturated carbocycles. The van der Waals surface area contributed by atoms with Gasteiger partial charge >= 0.3 is 0 Å². The fraction of sp³-hybridized carbons (Fsp3) is 0.800. The van der Waals surface area contributed by atoms with Crippen molar-refractivity contribution >= 4 is 23.6 Å². The van der Waals surface area contributed by atoms with Crippen LogP contribution in [0.15, 0.2) is 0 Å². The van der Waals surface area contributed by atoms with E-state index in [1.807, 2.05) is 13.8 Å². The highest BCUT2D eigenvalue weighted by Gasteiger charge is 2.24. The molecule has 168 valence electrons. The molecule has 0 aliphatic carbocycles. The van der Waals surface area contributed by atoms with Crippen LogP contribution in [-0.4, -0.2) is 65.8 Å². The van der Waals surface area contributed by atoms with Gasteiger partial charge in [0.15, 0.2) is 0 Å². The lowest BCUT2D eigenvalue weighted by atomic mass is 10.2. The monoisotopic (exact) mass is 413 g/mol. The van der Waals surface area contributed by atoms with Gasteiger partial charge in [-0.15, -0.1) is 0 Å². The molecule has 0 aromatic carbocycles. The zero-order valence-electron chi connectivity index (χ0n) is 18.7. The SMILES string of the molecule is CC(N)C(=O)NC(C)C(=O)N1CCCC1.CCC(=O)NC(C)C(=O)NC(C)CC. The third kappa shape index (κ3) is 10.8. The second-order valence-electron chi connectivity index (χ2n) is 7.51. The van der Waals surface area contributed by atoms with Gasteiger partial charge in [0, 0.05) is 25.6 Å². The Labute approximate surface area is 174 Å². The summed E-state index contributed by atoms with van der Waals surface area (Å²) in [6, 6.07) is -1.33. The lowest BCUT2D eigenvalue weighted by Crippen LogP contribution is -2.50. The largest absolute Gasteiger partial charge is 0.352 e. The second-order valence-corrected chi connectivity index (χ2v) is 7.51. The number of carbonyl (C=O) groups is 4. The molecule has 0 aromatic rings. The first-order chi connectivity index (χ1) is 13.5. The standard InChI is InChI=1S/C10H19N3O2.C10H20N2O2/c1-7(11)9(14)12-8(2)10(15)13-5-3-4-6-13;1-5-7(3)11-10(14)8(4)12-9(13)6-2/h7-8H,3-6,11H2,1-2H3,(H,12,14);7-8H,5-6H2,1-4H3,(H,11,14)(H,12,13). The van der Waals surface area contributed by atoms with Gasteiger partial charge in [-0.3, -0.25) is 19.2 Å². The molecule has 5 N–H and O–H groups in total. The fourth-order valence-electron chi connectivity index (χ4n) is 2.50. The van der Waals surface area contributed by atoms with Crippen LogP contribution in [0.25, 0.3) is 0 Å². The van der Waals surface area contributed by atoms with Crippen molar-refractivity contribution in [3.05, 3.63) is 0 Å². The predicted octanol–water partition coefficient (Wildman–Crippen LogP) is 0.277. The second kappa shape index (κ2) is 13.9. The summed E-state index contributed by atoms with van der Waals surface area (Å²) in [7, 11) is 0. The maximum Gasteiger partial charge on any atom is 0.244 e. The van der Waals surface area contributed by atoms with Crippen molar-refractivity contribution in [2.75, 3.05) is 13.1 Å². The average Bonchev–Trinajstić information content (AvgIpc) is 3.21. The highest BCUT2D eigenvalue weighted by molar-refractivity contribution is 5.89. The first kappa shape index (κ1) is 26.8.